The minimum Gasteiger partial charge on any atom is -0.490 e. The van der Waals surface area contributed by atoms with Gasteiger partial charge in [0.05, 0.1) is 12.2 Å². The van der Waals surface area contributed by atoms with E-state index < -0.39 is 5.91 Å². The lowest BCUT2D eigenvalue weighted by molar-refractivity contribution is 0.0810. The fourth-order valence-corrected chi connectivity index (χ4v) is 1.39. The number of nitrogens with two attached hydrogens (primary N) is 2. The van der Waals surface area contributed by atoms with Crippen molar-refractivity contribution in [2.45, 2.75) is 13.8 Å². The minimum absolute atomic E-state index is 0.327. The van der Waals surface area contributed by atoms with Gasteiger partial charge in [0.2, 0.25) is 0 Å². The molecule has 4 N–H and O–H groups in total. The highest BCUT2D eigenvalue weighted by atomic mass is 16.5. The fourth-order valence-electron chi connectivity index (χ4n) is 1.39. The number of rotatable bonds is 7. The Bertz CT molecular complexity index is 405. The van der Waals surface area contributed by atoms with Gasteiger partial charge in [0.25, 0.3) is 5.91 Å². The summed E-state index contributed by atoms with van der Waals surface area (Å²) in [5.41, 5.74) is 11.7. The Labute approximate surface area is 107 Å². The third-order valence-electron chi connectivity index (χ3n) is 2.21. The normalized spacial score (nSPS) is 10.6. The predicted octanol–water partition coefficient (Wildman–Crippen LogP) is 1.42. The quantitative estimate of drug-likeness (QED) is 0.567. The molecule has 18 heavy (non-hydrogen) atoms. The molecule has 0 radical (unpaired) electrons. The highest BCUT2D eigenvalue weighted by molar-refractivity contribution is 5.96. The average molecular weight is 252 g/mol. The summed E-state index contributed by atoms with van der Waals surface area (Å²) in [6.07, 6.45) is 0. The maximum Gasteiger partial charge on any atom is 0.252 e. The Morgan fingerprint density at radius 2 is 2.06 bits per heavy atom. The third-order valence-corrected chi connectivity index (χ3v) is 2.21. The second-order valence-corrected chi connectivity index (χ2v) is 4.44. The summed E-state index contributed by atoms with van der Waals surface area (Å²) in [6, 6.07) is 4.76. The number of amides is 1. The van der Waals surface area contributed by atoms with E-state index in [2.05, 4.69) is 13.8 Å². The highest BCUT2D eigenvalue weighted by Crippen LogP contribution is 2.21. The summed E-state index contributed by atoms with van der Waals surface area (Å²) in [4.78, 5) is 11.2. The zero-order chi connectivity index (χ0) is 13.5. The number of carbonyl (C=O) groups excluding carboxylic acids is 1. The molecule has 0 aliphatic heterocycles. The summed E-state index contributed by atoms with van der Waals surface area (Å²) in [6.45, 7) is 5.65. The standard InChI is InChI=1S/C13H20N2O3/c1-9(2)8-17-5-6-18-12-7-10(14)3-4-11(12)13(15)16/h3-4,7,9H,5-6,8,14H2,1-2H3,(H2,15,16). The van der Waals surface area contributed by atoms with Crippen LogP contribution in [0, 0.1) is 5.92 Å². The monoisotopic (exact) mass is 252 g/mol. The molecule has 0 fully saturated rings. The molecule has 1 amide bonds. The molecule has 0 aliphatic carbocycles. The van der Waals surface area contributed by atoms with E-state index in [0.717, 1.165) is 0 Å². The van der Waals surface area contributed by atoms with Crippen molar-refractivity contribution in [2.24, 2.45) is 11.7 Å². The molecule has 1 rings (SSSR count). The average Bonchev–Trinajstić information content (AvgIpc) is 2.27. The molecule has 0 saturated carbocycles. The van der Waals surface area contributed by atoms with Crippen molar-refractivity contribution in [1.82, 2.24) is 0 Å². The van der Waals surface area contributed by atoms with Crippen molar-refractivity contribution < 1.29 is 14.3 Å². The van der Waals surface area contributed by atoms with Crippen LogP contribution in [0.4, 0.5) is 5.69 Å². The van der Waals surface area contributed by atoms with E-state index in [-0.39, 0.29) is 0 Å². The highest BCUT2D eigenvalue weighted by Gasteiger charge is 2.09. The number of benzene rings is 1. The van der Waals surface area contributed by atoms with Gasteiger partial charge >= 0.3 is 0 Å². The van der Waals surface area contributed by atoms with Gasteiger partial charge in [-0.15, -0.1) is 0 Å². The molecule has 0 bridgehead atoms. The summed E-state index contributed by atoms with van der Waals surface area (Å²) in [5, 5.41) is 0. The Morgan fingerprint density at radius 1 is 1.33 bits per heavy atom. The van der Waals surface area contributed by atoms with E-state index in [1.165, 1.54) is 0 Å². The van der Waals surface area contributed by atoms with E-state index in [4.69, 9.17) is 20.9 Å². The Balaban J connectivity index is 2.50. The largest absolute Gasteiger partial charge is 0.490 e. The number of nitrogen functional groups attached to an aromatic ring is 1. The van der Waals surface area contributed by atoms with Crippen LogP contribution >= 0.6 is 0 Å². The topological polar surface area (TPSA) is 87.6 Å². The van der Waals surface area contributed by atoms with Crippen molar-refractivity contribution in [3.8, 4) is 5.75 Å². The van der Waals surface area contributed by atoms with Crippen LogP contribution in [-0.2, 0) is 4.74 Å². The molecule has 0 heterocycles. The second kappa shape index (κ2) is 6.86. The van der Waals surface area contributed by atoms with Crippen molar-refractivity contribution in [3.63, 3.8) is 0 Å². The van der Waals surface area contributed by atoms with Crippen molar-refractivity contribution >= 4 is 11.6 Å². The van der Waals surface area contributed by atoms with Crippen molar-refractivity contribution in [2.75, 3.05) is 25.6 Å². The van der Waals surface area contributed by atoms with E-state index >= 15 is 0 Å². The van der Waals surface area contributed by atoms with Gasteiger partial charge in [-0.05, 0) is 18.1 Å². The lowest BCUT2D eigenvalue weighted by Crippen LogP contribution is -2.15. The van der Waals surface area contributed by atoms with Crippen LogP contribution < -0.4 is 16.2 Å². The number of ether oxygens (including phenoxy) is 2. The first-order valence-electron chi connectivity index (χ1n) is 5.90. The molecule has 0 spiro atoms. The van der Waals surface area contributed by atoms with Crippen LogP contribution in [0.15, 0.2) is 18.2 Å². The summed E-state index contributed by atoms with van der Waals surface area (Å²) in [5.74, 6) is 0.349. The zero-order valence-corrected chi connectivity index (χ0v) is 10.8. The molecule has 0 unspecified atom stereocenters. The molecule has 0 atom stereocenters. The molecule has 1 aromatic rings. The Morgan fingerprint density at radius 3 is 2.67 bits per heavy atom. The van der Waals surface area contributed by atoms with E-state index in [1.807, 2.05) is 0 Å². The molecule has 100 valence electrons. The summed E-state index contributed by atoms with van der Waals surface area (Å²) in [7, 11) is 0. The minimum atomic E-state index is -0.534. The van der Waals surface area contributed by atoms with Crippen LogP contribution in [0.1, 0.15) is 24.2 Å². The van der Waals surface area contributed by atoms with Crippen molar-refractivity contribution in [1.29, 1.82) is 0 Å². The predicted molar refractivity (Wildman–Crippen MR) is 70.5 cm³/mol. The van der Waals surface area contributed by atoms with Crippen LogP contribution in [0.3, 0.4) is 0 Å². The SMILES string of the molecule is CC(C)COCCOc1cc(N)ccc1C(N)=O. The number of carbonyl (C=O) groups is 1. The van der Waals surface area contributed by atoms with Gasteiger partial charge in [0.15, 0.2) is 0 Å². The van der Waals surface area contributed by atoms with Gasteiger partial charge in [-0.3, -0.25) is 4.79 Å². The van der Waals surface area contributed by atoms with Crippen LogP contribution in [0.25, 0.3) is 0 Å². The van der Waals surface area contributed by atoms with Crippen molar-refractivity contribution in [3.05, 3.63) is 23.8 Å². The maximum atomic E-state index is 11.2. The lowest BCUT2D eigenvalue weighted by Gasteiger charge is -2.11. The Hall–Kier alpha value is -1.75. The van der Waals surface area contributed by atoms with Gasteiger partial charge < -0.3 is 20.9 Å². The number of hydrogen-bond acceptors (Lipinski definition) is 4. The van der Waals surface area contributed by atoms with Crippen LogP contribution in [-0.4, -0.2) is 25.7 Å². The van der Waals surface area contributed by atoms with Gasteiger partial charge in [-0.2, -0.15) is 0 Å². The molecule has 0 aliphatic rings. The van der Waals surface area contributed by atoms with E-state index in [9.17, 15) is 4.79 Å². The van der Waals surface area contributed by atoms with E-state index in [0.29, 0.717) is 42.7 Å². The van der Waals surface area contributed by atoms with Gasteiger partial charge in [0.1, 0.15) is 12.4 Å². The first-order chi connectivity index (χ1) is 8.50. The van der Waals surface area contributed by atoms with Gasteiger partial charge in [-0.25, -0.2) is 0 Å². The maximum absolute atomic E-state index is 11.2. The van der Waals surface area contributed by atoms with E-state index in [1.54, 1.807) is 18.2 Å². The molecule has 1 aromatic carbocycles. The number of primary amides is 1. The zero-order valence-electron chi connectivity index (χ0n) is 10.8. The van der Waals surface area contributed by atoms with Gasteiger partial charge in [-0.1, -0.05) is 13.8 Å². The first-order valence-corrected chi connectivity index (χ1v) is 5.90. The summed E-state index contributed by atoms with van der Waals surface area (Å²) >= 11 is 0. The van der Waals surface area contributed by atoms with Crippen LogP contribution in [0.5, 0.6) is 5.75 Å². The number of hydrogen-bond donors (Lipinski definition) is 2. The smallest absolute Gasteiger partial charge is 0.252 e. The second-order valence-electron chi connectivity index (χ2n) is 4.44. The van der Waals surface area contributed by atoms with Gasteiger partial charge in [0, 0.05) is 18.4 Å². The summed E-state index contributed by atoms with van der Waals surface area (Å²) < 4.78 is 10.8. The fraction of sp³-hybridized carbons (Fsp3) is 0.462. The Kier molecular flexibility index (Phi) is 5.45. The molecule has 0 saturated heterocycles. The number of anilines is 1. The molecular weight excluding hydrogens is 232 g/mol. The first kappa shape index (κ1) is 14.3. The molecule has 5 nitrogen and oxygen atoms in total. The third kappa shape index (κ3) is 4.63. The van der Waals surface area contributed by atoms with Crippen LogP contribution in [0.2, 0.25) is 0 Å². The lowest BCUT2D eigenvalue weighted by atomic mass is 10.2. The molecular formula is C13H20N2O3. The molecule has 0 aromatic heterocycles. The molecule has 5 heteroatoms.